The zero-order valence-electron chi connectivity index (χ0n) is 22.6. The molecule has 3 amide bonds. The van der Waals surface area contributed by atoms with Gasteiger partial charge in [-0.05, 0) is 37.6 Å². The molecule has 0 saturated heterocycles. The summed E-state index contributed by atoms with van der Waals surface area (Å²) < 4.78 is 7.65. The fraction of sp³-hybridized carbons (Fsp3) is 0.276. The third kappa shape index (κ3) is 6.90. The van der Waals surface area contributed by atoms with Crippen molar-refractivity contribution in [2.45, 2.75) is 25.9 Å². The quantitative estimate of drug-likeness (QED) is 0.384. The zero-order valence-corrected chi connectivity index (χ0v) is 22.6. The van der Waals surface area contributed by atoms with Crippen molar-refractivity contribution >= 4 is 17.7 Å². The molecular weight excluding hydrogens is 524 g/mol. The molecule has 2 N–H and O–H groups in total. The molecule has 1 aliphatic heterocycles. The number of benzene rings is 2. The maximum atomic E-state index is 13.2. The van der Waals surface area contributed by atoms with E-state index in [1.807, 2.05) is 37.3 Å². The standard InChI is InChI=1S/C29H30N8O4/c1-20-27-34-26(21-7-3-2-4-8-21)35-37(27)15-16-41-24-10-5-9-22(17-24)28(39)30-12-6-14-36(19-25(38)33-20)29(40)23-11-13-31-32-18-23/h2-5,7-11,13,17-18,20H,6,12,14-16,19H2,1H3,(H,30,39)(H,33,38)/t20-/m0/s1. The number of ether oxygens (including phenoxy) is 1. The van der Waals surface area contributed by atoms with E-state index < -0.39 is 6.04 Å². The molecule has 3 heterocycles. The van der Waals surface area contributed by atoms with Crippen LogP contribution in [0.1, 0.15) is 45.9 Å². The lowest BCUT2D eigenvalue weighted by atomic mass is 10.2. The fourth-order valence-corrected chi connectivity index (χ4v) is 4.48. The van der Waals surface area contributed by atoms with Gasteiger partial charge in [0, 0.05) is 24.2 Å². The van der Waals surface area contributed by atoms with E-state index in [-0.39, 0.29) is 37.4 Å². The average Bonchev–Trinajstić information content (AvgIpc) is 3.43. The van der Waals surface area contributed by atoms with Crippen molar-refractivity contribution < 1.29 is 19.1 Å². The number of aromatic nitrogens is 5. The van der Waals surface area contributed by atoms with Crippen LogP contribution in [0.2, 0.25) is 0 Å². The molecule has 2 aromatic heterocycles. The molecule has 12 nitrogen and oxygen atoms in total. The van der Waals surface area contributed by atoms with E-state index in [1.54, 1.807) is 35.0 Å². The number of amides is 3. The summed E-state index contributed by atoms with van der Waals surface area (Å²) in [6.07, 6.45) is 3.22. The minimum atomic E-state index is -0.506. The number of fused-ring (bicyclic) bond motifs is 3. The number of hydrogen-bond donors (Lipinski definition) is 2. The molecular formula is C29H30N8O4. The van der Waals surface area contributed by atoms with Gasteiger partial charge in [-0.25, -0.2) is 9.67 Å². The van der Waals surface area contributed by atoms with Crippen molar-refractivity contribution in [3.05, 3.63) is 90.0 Å². The second kappa shape index (κ2) is 12.8. The van der Waals surface area contributed by atoms with Gasteiger partial charge in [-0.15, -0.1) is 0 Å². The largest absolute Gasteiger partial charge is 0.492 e. The van der Waals surface area contributed by atoms with Crippen LogP contribution in [0.25, 0.3) is 11.4 Å². The number of carbonyl (C=O) groups excluding carboxylic acids is 3. The summed E-state index contributed by atoms with van der Waals surface area (Å²) in [7, 11) is 0. The van der Waals surface area contributed by atoms with Gasteiger partial charge >= 0.3 is 0 Å². The molecule has 0 radical (unpaired) electrons. The van der Waals surface area contributed by atoms with Gasteiger partial charge in [-0.2, -0.15) is 15.3 Å². The molecule has 1 aliphatic rings. The molecule has 0 saturated carbocycles. The van der Waals surface area contributed by atoms with Crippen LogP contribution in [-0.2, 0) is 11.3 Å². The van der Waals surface area contributed by atoms with E-state index in [9.17, 15) is 14.4 Å². The number of nitrogens with one attached hydrogen (secondary N) is 2. The van der Waals surface area contributed by atoms with Gasteiger partial charge in [-0.3, -0.25) is 14.4 Å². The van der Waals surface area contributed by atoms with Crippen LogP contribution < -0.4 is 15.4 Å². The summed E-state index contributed by atoms with van der Waals surface area (Å²) in [6, 6.07) is 17.5. The highest BCUT2D eigenvalue weighted by molar-refractivity contribution is 5.96. The van der Waals surface area contributed by atoms with Crippen LogP contribution in [0.4, 0.5) is 0 Å². The van der Waals surface area contributed by atoms with E-state index in [4.69, 9.17) is 9.72 Å². The van der Waals surface area contributed by atoms with Crippen LogP contribution in [0, 0.1) is 0 Å². The minimum Gasteiger partial charge on any atom is -0.492 e. The van der Waals surface area contributed by atoms with Crippen LogP contribution in [0.15, 0.2) is 73.1 Å². The first kappa shape index (κ1) is 27.4. The summed E-state index contributed by atoms with van der Waals surface area (Å²) in [5, 5.41) is 18.0. The summed E-state index contributed by atoms with van der Waals surface area (Å²) in [6.45, 7) is 2.80. The van der Waals surface area contributed by atoms with Gasteiger partial charge in [0.15, 0.2) is 5.82 Å². The Morgan fingerprint density at radius 2 is 1.83 bits per heavy atom. The first-order chi connectivity index (χ1) is 20.0. The molecule has 210 valence electrons. The van der Waals surface area contributed by atoms with Crippen molar-refractivity contribution in [3.63, 3.8) is 0 Å². The first-order valence-corrected chi connectivity index (χ1v) is 13.3. The van der Waals surface area contributed by atoms with Gasteiger partial charge in [-0.1, -0.05) is 36.4 Å². The van der Waals surface area contributed by atoms with Gasteiger partial charge in [0.25, 0.3) is 11.8 Å². The van der Waals surface area contributed by atoms with Crippen LogP contribution in [0.3, 0.4) is 0 Å². The number of carbonyl (C=O) groups is 3. The predicted octanol–water partition coefficient (Wildman–Crippen LogP) is 2.27. The predicted molar refractivity (Wildman–Crippen MR) is 149 cm³/mol. The normalized spacial score (nSPS) is 16.8. The number of hydrogen-bond acceptors (Lipinski definition) is 8. The summed E-state index contributed by atoms with van der Waals surface area (Å²) in [4.78, 5) is 45.4. The molecule has 0 spiro atoms. The van der Waals surface area contributed by atoms with Gasteiger partial charge in [0.1, 0.15) is 18.2 Å². The highest BCUT2D eigenvalue weighted by Crippen LogP contribution is 2.20. The Morgan fingerprint density at radius 3 is 2.63 bits per heavy atom. The van der Waals surface area contributed by atoms with Gasteiger partial charge < -0.3 is 20.3 Å². The minimum absolute atomic E-state index is 0.190. The number of nitrogens with zero attached hydrogens (tertiary/aromatic N) is 6. The van der Waals surface area contributed by atoms with Crippen LogP contribution >= 0.6 is 0 Å². The summed E-state index contributed by atoms with van der Waals surface area (Å²) in [5.74, 6) is 0.639. The zero-order chi connectivity index (χ0) is 28.6. The Bertz CT molecular complexity index is 1510. The Kier molecular flexibility index (Phi) is 8.58. The Morgan fingerprint density at radius 1 is 1.00 bits per heavy atom. The topological polar surface area (TPSA) is 144 Å². The Balaban J connectivity index is 1.43. The van der Waals surface area contributed by atoms with Gasteiger partial charge in [0.05, 0.1) is 37.1 Å². The van der Waals surface area contributed by atoms with Crippen LogP contribution in [0.5, 0.6) is 5.75 Å². The molecule has 0 fully saturated rings. The molecule has 5 rings (SSSR count). The first-order valence-electron chi connectivity index (χ1n) is 13.3. The molecule has 1 atom stereocenters. The maximum Gasteiger partial charge on any atom is 0.256 e. The second-order valence-corrected chi connectivity index (χ2v) is 9.52. The smallest absolute Gasteiger partial charge is 0.256 e. The lowest BCUT2D eigenvalue weighted by Gasteiger charge is -2.23. The molecule has 0 unspecified atom stereocenters. The highest BCUT2D eigenvalue weighted by Gasteiger charge is 2.23. The van der Waals surface area contributed by atoms with Crippen molar-refractivity contribution in [2.24, 2.45) is 0 Å². The SMILES string of the molecule is C[C@@H]1NC(=O)CN(C(=O)c2ccnnc2)CCCNC(=O)c2cccc(c2)OCCn2nc(-c3ccccc3)nc21. The van der Waals surface area contributed by atoms with E-state index in [0.29, 0.717) is 48.0 Å². The van der Waals surface area contributed by atoms with E-state index in [0.717, 1.165) is 5.56 Å². The molecule has 2 aromatic carbocycles. The average molecular weight is 555 g/mol. The monoisotopic (exact) mass is 554 g/mol. The molecule has 12 heteroatoms. The molecule has 41 heavy (non-hydrogen) atoms. The van der Waals surface area contributed by atoms with Crippen LogP contribution in [-0.4, -0.2) is 73.8 Å². The third-order valence-electron chi connectivity index (χ3n) is 6.51. The molecule has 2 bridgehead atoms. The van der Waals surface area contributed by atoms with E-state index in [2.05, 4.69) is 25.9 Å². The third-order valence-corrected chi connectivity index (χ3v) is 6.51. The number of rotatable bonds is 2. The Labute approximate surface area is 236 Å². The van der Waals surface area contributed by atoms with Gasteiger partial charge in [0.2, 0.25) is 5.91 Å². The van der Waals surface area contributed by atoms with Crippen molar-refractivity contribution in [1.29, 1.82) is 0 Å². The Hall–Kier alpha value is -5.13. The lowest BCUT2D eigenvalue weighted by molar-refractivity contribution is -0.122. The summed E-state index contributed by atoms with van der Waals surface area (Å²) >= 11 is 0. The highest BCUT2D eigenvalue weighted by atomic mass is 16.5. The molecule has 0 aliphatic carbocycles. The van der Waals surface area contributed by atoms with E-state index >= 15 is 0 Å². The fourth-order valence-electron chi connectivity index (χ4n) is 4.48. The van der Waals surface area contributed by atoms with Crippen molar-refractivity contribution in [2.75, 3.05) is 26.2 Å². The second-order valence-electron chi connectivity index (χ2n) is 9.52. The maximum absolute atomic E-state index is 13.2. The summed E-state index contributed by atoms with van der Waals surface area (Å²) in [5.41, 5.74) is 1.61. The lowest BCUT2D eigenvalue weighted by Crippen LogP contribution is -2.43. The van der Waals surface area contributed by atoms with Crippen molar-refractivity contribution in [3.8, 4) is 17.1 Å². The van der Waals surface area contributed by atoms with E-state index in [1.165, 1.54) is 17.3 Å². The molecule has 4 aromatic rings. The van der Waals surface area contributed by atoms with Crippen molar-refractivity contribution in [1.82, 2.24) is 40.5 Å².